The molecule has 0 radical (unpaired) electrons. The number of hydrogen-bond acceptors (Lipinski definition) is 5. The summed E-state index contributed by atoms with van der Waals surface area (Å²) in [7, 11) is 0. The van der Waals surface area contributed by atoms with E-state index in [1.807, 2.05) is 12.1 Å². The third-order valence-electron chi connectivity index (χ3n) is 7.25. The Morgan fingerprint density at radius 1 is 1.03 bits per heavy atom. The molecule has 1 aliphatic rings. The Labute approximate surface area is 237 Å². The van der Waals surface area contributed by atoms with Gasteiger partial charge >= 0.3 is 215 Å². The quantitative estimate of drug-likeness (QED) is 0.102. The van der Waals surface area contributed by atoms with Crippen molar-refractivity contribution in [2.24, 2.45) is 0 Å². The zero-order chi connectivity index (χ0) is 27.5. The number of esters is 1. The van der Waals surface area contributed by atoms with Crippen LogP contribution in [-0.4, -0.2) is 53.4 Å². The first kappa shape index (κ1) is 30.4. The number of thiocarbonyl (C=S) groups is 1. The monoisotopic (exact) mass is 646 g/mol. The second-order valence-corrected chi connectivity index (χ2v) is 23.7. The molecule has 0 atom stereocenters. The Morgan fingerprint density at radius 3 is 2.29 bits per heavy atom. The summed E-state index contributed by atoms with van der Waals surface area (Å²) in [6, 6.07) is 12.9. The SMILES string of the molecule is CCC[CH2][Sn]([CH2]CCC)([CH2]CCC)[c]1cccc(-c2ccc(/C=C3\NC(=S)N(CC(=O)OCC)C3=O)o2)c1. The summed E-state index contributed by atoms with van der Waals surface area (Å²) in [5.41, 5.74) is 1.37. The Balaban J connectivity index is 1.85. The third-order valence-corrected chi connectivity index (χ3v) is 23.2. The predicted molar refractivity (Wildman–Crippen MR) is 161 cm³/mol. The van der Waals surface area contributed by atoms with E-state index in [9.17, 15) is 9.59 Å². The molecule has 2 aromatic rings. The second kappa shape index (κ2) is 14.9. The van der Waals surface area contributed by atoms with E-state index >= 15 is 0 Å². The Morgan fingerprint density at radius 2 is 1.68 bits per heavy atom. The van der Waals surface area contributed by atoms with Crippen molar-refractivity contribution >= 4 is 57.2 Å². The van der Waals surface area contributed by atoms with E-state index in [1.165, 1.54) is 56.7 Å². The molecule has 38 heavy (non-hydrogen) atoms. The van der Waals surface area contributed by atoms with Crippen LogP contribution in [0.2, 0.25) is 13.3 Å². The van der Waals surface area contributed by atoms with Crippen molar-refractivity contribution in [2.45, 2.75) is 79.5 Å². The molecule has 1 aromatic heterocycles. The number of furan rings is 1. The van der Waals surface area contributed by atoms with E-state index in [-0.39, 0.29) is 29.9 Å². The van der Waals surface area contributed by atoms with Gasteiger partial charge in [-0.2, -0.15) is 0 Å². The van der Waals surface area contributed by atoms with Crippen molar-refractivity contribution in [1.82, 2.24) is 10.2 Å². The van der Waals surface area contributed by atoms with Crippen molar-refractivity contribution in [3.8, 4) is 11.3 Å². The van der Waals surface area contributed by atoms with E-state index in [2.05, 4.69) is 50.4 Å². The Bertz CT molecular complexity index is 1120. The van der Waals surface area contributed by atoms with Crippen molar-refractivity contribution in [2.75, 3.05) is 13.2 Å². The minimum atomic E-state index is -2.56. The van der Waals surface area contributed by atoms with Crippen molar-refractivity contribution < 1.29 is 18.7 Å². The van der Waals surface area contributed by atoms with Gasteiger partial charge in [-0.05, 0) is 6.92 Å². The van der Waals surface area contributed by atoms with Gasteiger partial charge in [0.15, 0.2) is 0 Å². The van der Waals surface area contributed by atoms with Crippen LogP contribution in [0.4, 0.5) is 0 Å². The maximum absolute atomic E-state index is 12.8. The number of carbonyl (C=O) groups is 2. The molecule has 0 spiro atoms. The van der Waals surface area contributed by atoms with E-state index in [1.54, 1.807) is 16.6 Å². The number of ether oxygens (including phenoxy) is 1. The van der Waals surface area contributed by atoms with Crippen molar-refractivity contribution in [3.63, 3.8) is 0 Å². The molecular weight excluding hydrogens is 603 g/mol. The predicted octanol–water partition coefficient (Wildman–Crippen LogP) is 6.62. The van der Waals surface area contributed by atoms with E-state index in [0.717, 1.165) is 11.3 Å². The summed E-state index contributed by atoms with van der Waals surface area (Å²) in [4.78, 5) is 25.9. The summed E-state index contributed by atoms with van der Waals surface area (Å²) >= 11 is 2.69. The van der Waals surface area contributed by atoms with Gasteiger partial charge in [-0.3, -0.25) is 4.79 Å². The van der Waals surface area contributed by atoms with Gasteiger partial charge in [-0.15, -0.1) is 0 Å². The van der Waals surface area contributed by atoms with E-state index in [0.29, 0.717) is 5.76 Å². The zero-order valence-electron chi connectivity index (χ0n) is 23.3. The number of hydrogen-bond donors (Lipinski definition) is 1. The first-order valence-corrected chi connectivity index (χ1v) is 22.0. The van der Waals surface area contributed by atoms with Crippen LogP contribution in [0.3, 0.4) is 0 Å². The number of amides is 1. The summed E-state index contributed by atoms with van der Waals surface area (Å²) in [5, 5.41) is 3.08. The molecule has 8 heteroatoms. The molecule has 3 rings (SSSR count). The van der Waals surface area contributed by atoms with Crippen LogP contribution in [0.25, 0.3) is 17.4 Å². The number of nitrogens with zero attached hydrogens (tertiary/aromatic N) is 1. The van der Waals surface area contributed by atoms with Crippen LogP contribution in [0.5, 0.6) is 0 Å². The zero-order valence-corrected chi connectivity index (χ0v) is 27.0. The number of benzene rings is 1. The van der Waals surface area contributed by atoms with Gasteiger partial charge in [0, 0.05) is 0 Å². The molecule has 0 unspecified atom stereocenters. The number of rotatable bonds is 15. The Hall–Kier alpha value is -2.13. The van der Waals surface area contributed by atoms with Crippen molar-refractivity contribution in [3.05, 3.63) is 47.9 Å². The fourth-order valence-corrected chi connectivity index (χ4v) is 21.4. The molecule has 206 valence electrons. The molecule has 2 heterocycles. The fourth-order valence-electron chi connectivity index (χ4n) is 5.13. The molecule has 0 aliphatic carbocycles. The van der Waals surface area contributed by atoms with Crippen LogP contribution in [-0.2, 0) is 14.3 Å². The van der Waals surface area contributed by atoms with Crippen LogP contribution >= 0.6 is 12.2 Å². The van der Waals surface area contributed by atoms with E-state index < -0.39 is 24.3 Å². The number of unbranched alkanes of at least 4 members (excludes halogenated alkanes) is 3. The van der Waals surface area contributed by atoms with Gasteiger partial charge in [0.1, 0.15) is 0 Å². The molecule has 1 saturated heterocycles. The molecular formula is C30H42N2O4SSn. The summed E-state index contributed by atoms with van der Waals surface area (Å²) in [6.45, 7) is 8.67. The van der Waals surface area contributed by atoms with Crippen LogP contribution in [0.15, 0.2) is 46.5 Å². The molecule has 1 aliphatic heterocycles. The molecule has 1 amide bonds. The topological polar surface area (TPSA) is 71.8 Å². The maximum atomic E-state index is 12.8. The number of carbonyl (C=O) groups excluding carboxylic acids is 2. The first-order chi connectivity index (χ1) is 18.4. The van der Waals surface area contributed by atoms with Crippen LogP contribution in [0, 0.1) is 0 Å². The van der Waals surface area contributed by atoms with Gasteiger partial charge in [0.05, 0.1) is 6.61 Å². The summed E-state index contributed by atoms with van der Waals surface area (Å²) in [5.74, 6) is 0.478. The van der Waals surface area contributed by atoms with Gasteiger partial charge in [0.2, 0.25) is 0 Å². The third kappa shape index (κ3) is 7.71. The summed E-state index contributed by atoms with van der Waals surface area (Å²) in [6.07, 6.45) is 9.36. The molecule has 6 nitrogen and oxygen atoms in total. The summed E-state index contributed by atoms with van der Waals surface area (Å²) < 4.78 is 17.0. The van der Waals surface area contributed by atoms with Crippen molar-refractivity contribution in [1.29, 1.82) is 0 Å². The average Bonchev–Trinajstić information content (AvgIpc) is 3.49. The average molecular weight is 645 g/mol. The normalized spacial score (nSPS) is 14.8. The first-order valence-electron chi connectivity index (χ1n) is 14.1. The van der Waals surface area contributed by atoms with Gasteiger partial charge in [-0.25, -0.2) is 0 Å². The van der Waals surface area contributed by atoms with Crippen LogP contribution in [0.1, 0.15) is 72.0 Å². The van der Waals surface area contributed by atoms with Gasteiger partial charge < -0.3 is 4.74 Å². The van der Waals surface area contributed by atoms with E-state index in [4.69, 9.17) is 21.4 Å². The minimum absolute atomic E-state index is 0.184. The standard InChI is InChI=1S/C18H15N2O4S.3C4H9.Sn/c1-2-23-16(21)11-20-17(22)14(19-18(20)25)10-13-8-9-15(24-13)12-6-4-3-5-7-12;3*1-3-4-2;/h3-4,6-10H,2,11H2,1H3,(H,19,25);3*1,3-4H2,2H3;/b14-10-;;;;. The van der Waals surface area contributed by atoms with Gasteiger partial charge in [-0.1, -0.05) is 0 Å². The molecule has 0 bridgehead atoms. The molecule has 1 N–H and O–H groups in total. The van der Waals surface area contributed by atoms with Gasteiger partial charge in [0.25, 0.3) is 0 Å². The van der Waals surface area contributed by atoms with Crippen LogP contribution < -0.4 is 8.90 Å². The molecule has 0 saturated carbocycles. The fraction of sp³-hybridized carbons (Fsp3) is 0.500. The second-order valence-electron chi connectivity index (χ2n) is 10.1. The Kier molecular flexibility index (Phi) is 11.9. The molecule has 1 aromatic carbocycles. The number of nitrogens with one attached hydrogen (secondary N) is 1. The molecule has 1 fully saturated rings.